The summed E-state index contributed by atoms with van der Waals surface area (Å²) in [5, 5.41) is 13.1. The first-order valence-corrected chi connectivity index (χ1v) is 10.8. The van der Waals surface area contributed by atoms with E-state index in [1.165, 1.54) is 25.3 Å². The number of hydrogen-bond acceptors (Lipinski definition) is 5. The fourth-order valence-corrected chi connectivity index (χ4v) is 3.98. The number of fused-ring (bicyclic) bond motifs is 1. The molecule has 2 N–H and O–H groups in total. The van der Waals surface area contributed by atoms with Crippen molar-refractivity contribution in [3.05, 3.63) is 90.1 Å². The van der Waals surface area contributed by atoms with Crippen LogP contribution in [0.1, 0.15) is 11.1 Å². The molecule has 0 unspecified atom stereocenters. The molecule has 4 rings (SSSR count). The zero-order chi connectivity index (χ0) is 24.1. The van der Waals surface area contributed by atoms with Gasteiger partial charge in [0.15, 0.2) is 0 Å². The van der Waals surface area contributed by atoms with E-state index in [9.17, 15) is 14.7 Å². The summed E-state index contributed by atoms with van der Waals surface area (Å²) in [6.45, 7) is 0. The average molecular weight is 456 g/mol. The van der Waals surface area contributed by atoms with Gasteiger partial charge in [-0.1, -0.05) is 42.5 Å². The van der Waals surface area contributed by atoms with E-state index in [0.29, 0.717) is 0 Å². The molecule has 172 valence electrons. The average Bonchev–Trinajstić information content (AvgIpc) is 3.15. The summed E-state index contributed by atoms with van der Waals surface area (Å²) in [4.78, 5) is 29.6. The lowest BCUT2D eigenvalue weighted by Gasteiger charge is -2.15. The van der Waals surface area contributed by atoms with Crippen LogP contribution in [0.5, 0.6) is 5.75 Å². The Morgan fingerprint density at radius 3 is 2.53 bits per heavy atom. The summed E-state index contributed by atoms with van der Waals surface area (Å²) in [7, 11) is 3.23. The molecular formula is C27H25N3O4. The molecule has 4 aromatic rings. The van der Waals surface area contributed by atoms with Gasteiger partial charge >= 0.3 is 5.97 Å². The van der Waals surface area contributed by atoms with Crippen LogP contribution in [0.25, 0.3) is 28.4 Å². The molecule has 0 bridgehead atoms. The Morgan fingerprint density at radius 2 is 1.82 bits per heavy atom. The van der Waals surface area contributed by atoms with E-state index in [1.807, 2.05) is 54.1 Å². The minimum atomic E-state index is -0.866. The number of ether oxygens (including phenoxy) is 1. The van der Waals surface area contributed by atoms with Gasteiger partial charge in [-0.05, 0) is 41.5 Å². The minimum absolute atomic E-state index is 0.129. The smallest absolute Gasteiger partial charge is 0.328 e. The molecule has 7 nitrogen and oxygen atoms in total. The summed E-state index contributed by atoms with van der Waals surface area (Å²) in [6.07, 6.45) is 5.14. The van der Waals surface area contributed by atoms with Gasteiger partial charge in [0.2, 0.25) is 5.91 Å². The van der Waals surface area contributed by atoms with Crippen LogP contribution in [0.3, 0.4) is 0 Å². The van der Waals surface area contributed by atoms with E-state index in [-0.39, 0.29) is 12.2 Å². The van der Waals surface area contributed by atoms with E-state index in [2.05, 4.69) is 10.3 Å². The summed E-state index contributed by atoms with van der Waals surface area (Å²) >= 11 is 0. The molecule has 0 aliphatic carbocycles. The van der Waals surface area contributed by atoms with Crippen molar-refractivity contribution >= 4 is 29.0 Å². The number of nitrogens with one attached hydrogen (secondary N) is 1. The van der Waals surface area contributed by atoms with Gasteiger partial charge in [-0.15, -0.1) is 0 Å². The van der Waals surface area contributed by atoms with Gasteiger partial charge in [-0.25, -0.2) is 9.78 Å². The monoisotopic (exact) mass is 455 g/mol. The number of rotatable bonds is 7. The van der Waals surface area contributed by atoms with Crippen LogP contribution in [-0.4, -0.2) is 39.7 Å². The Labute approximate surface area is 197 Å². The van der Waals surface area contributed by atoms with Crippen molar-refractivity contribution in [1.82, 2.24) is 14.9 Å². The van der Waals surface area contributed by atoms with Crippen molar-refractivity contribution in [3.63, 3.8) is 0 Å². The Morgan fingerprint density at radius 1 is 1.09 bits per heavy atom. The summed E-state index contributed by atoms with van der Waals surface area (Å²) in [6, 6.07) is 19.3. The highest BCUT2D eigenvalue weighted by molar-refractivity contribution is 6.01. The molecular weight excluding hydrogens is 430 g/mol. The van der Waals surface area contributed by atoms with Crippen LogP contribution in [0.2, 0.25) is 0 Å². The van der Waals surface area contributed by atoms with Crippen molar-refractivity contribution in [3.8, 4) is 17.0 Å². The number of benzene rings is 2. The van der Waals surface area contributed by atoms with Gasteiger partial charge in [0.25, 0.3) is 0 Å². The van der Waals surface area contributed by atoms with Crippen molar-refractivity contribution in [2.45, 2.75) is 12.5 Å². The molecule has 2 heterocycles. The van der Waals surface area contributed by atoms with E-state index in [4.69, 9.17) is 4.74 Å². The molecule has 0 spiro atoms. The lowest BCUT2D eigenvalue weighted by atomic mass is 10.0. The van der Waals surface area contributed by atoms with Crippen LogP contribution in [0, 0.1) is 0 Å². The molecule has 0 aliphatic heterocycles. The second kappa shape index (κ2) is 10.0. The number of pyridine rings is 1. The Kier molecular flexibility index (Phi) is 6.73. The zero-order valence-corrected chi connectivity index (χ0v) is 18.9. The lowest BCUT2D eigenvalue weighted by molar-refractivity contribution is -0.144. The van der Waals surface area contributed by atoms with Crippen LogP contribution in [0.15, 0.2) is 79.0 Å². The van der Waals surface area contributed by atoms with Crippen molar-refractivity contribution in [1.29, 1.82) is 0 Å². The van der Waals surface area contributed by atoms with Gasteiger partial charge in [0.1, 0.15) is 17.4 Å². The van der Waals surface area contributed by atoms with Crippen LogP contribution in [0.4, 0.5) is 0 Å². The Bertz CT molecular complexity index is 1340. The number of aromatic nitrogens is 2. The maximum Gasteiger partial charge on any atom is 0.328 e. The van der Waals surface area contributed by atoms with E-state index in [0.717, 1.165) is 33.4 Å². The van der Waals surface area contributed by atoms with Crippen molar-refractivity contribution < 1.29 is 19.4 Å². The van der Waals surface area contributed by atoms with Gasteiger partial charge in [0.05, 0.1) is 12.8 Å². The number of aromatic hydroxyl groups is 1. The molecule has 0 radical (unpaired) electrons. The Balaban J connectivity index is 1.62. The lowest BCUT2D eigenvalue weighted by Crippen LogP contribution is -2.42. The number of nitrogens with zero attached hydrogens (tertiary/aromatic N) is 2. The maximum absolute atomic E-state index is 12.8. The molecule has 0 saturated carbocycles. The predicted octanol–water partition coefficient (Wildman–Crippen LogP) is 3.86. The molecule has 34 heavy (non-hydrogen) atoms. The van der Waals surface area contributed by atoms with Crippen LogP contribution in [-0.2, 0) is 27.8 Å². The van der Waals surface area contributed by atoms with Gasteiger partial charge in [0, 0.05) is 36.7 Å². The number of amides is 1. The molecule has 1 atom stereocenters. The van der Waals surface area contributed by atoms with E-state index in [1.54, 1.807) is 24.4 Å². The first kappa shape index (κ1) is 22.8. The van der Waals surface area contributed by atoms with E-state index < -0.39 is 17.9 Å². The third-order valence-electron chi connectivity index (χ3n) is 5.61. The molecule has 1 amide bonds. The van der Waals surface area contributed by atoms with Gasteiger partial charge < -0.3 is 19.7 Å². The number of esters is 1. The Hall–Kier alpha value is -4.39. The van der Waals surface area contributed by atoms with E-state index >= 15 is 0 Å². The van der Waals surface area contributed by atoms with Crippen molar-refractivity contribution in [2.24, 2.45) is 7.05 Å². The standard InChI is InChI=1S/C27H25N3O4/c1-30-25(19-7-4-3-5-8-19)21(22-9-6-16-28-26(22)30)14-15-24(32)29-23(27(33)34-2)17-18-10-12-20(31)13-11-18/h3-16,23,31H,17H2,1-2H3,(H,29,32)/b15-14+/t23-/m0/s1. The first-order valence-electron chi connectivity index (χ1n) is 10.8. The first-order chi connectivity index (χ1) is 16.5. The van der Waals surface area contributed by atoms with Crippen LogP contribution >= 0.6 is 0 Å². The van der Waals surface area contributed by atoms with Crippen LogP contribution < -0.4 is 5.32 Å². The van der Waals surface area contributed by atoms with Gasteiger partial charge in [-0.3, -0.25) is 4.79 Å². The molecule has 0 aliphatic rings. The summed E-state index contributed by atoms with van der Waals surface area (Å²) < 4.78 is 6.88. The largest absolute Gasteiger partial charge is 0.508 e. The number of carbonyl (C=O) groups is 2. The number of aryl methyl sites for hydroxylation is 1. The molecule has 0 fully saturated rings. The van der Waals surface area contributed by atoms with Gasteiger partial charge in [-0.2, -0.15) is 0 Å². The SMILES string of the molecule is COC(=O)[C@H](Cc1ccc(O)cc1)NC(=O)/C=C/c1c(-c2ccccc2)n(C)c2ncccc12. The molecule has 0 saturated heterocycles. The number of phenols is 1. The normalized spacial score (nSPS) is 12.1. The zero-order valence-electron chi connectivity index (χ0n) is 18.9. The number of carbonyl (C=O) groups excluding carboxylic acids is 2. The third kappa shape index (κ3) is 4.83. The molecule has 2 aromatic heterocycles. The highest BCUT2D eigenvalue weighted by Gasteiger charge is 2.22. The summed E-state index contributed by atoms with van der Waals surface area (Å²) in [5.74, 6) is -0.840. The second-order valence-electron chi connectivity index (χ2n) is 7.85. The second-order valence-corrected chi connectivity index (χ2v) is 7.85. The fraction of sp³-hybridized carbons (Fsp3) is 0.148. The number of methoxy groups -OCH3 is 1. The predicted molar refractivity (Wildman–Crippen MR) is 131 cm³/mol. The highest BCUT2D eigenvalue weighted by Crippen LogP contribution is 2.33. The quantitative estimate of drug-likeness (QED) is 0.326. The van der Waals surface area contributed by atoms with Crippen molar-refractivity contribution in [2.75, 3.05) is 7.11 Å². The number of hydrogen-bond donors (Lipinski definition) is 2. The highest BCUT2D eigenvalue weighted by atomic mass is 16.5. The third-order valence-corrected chi connectivity index (χ3v) is 5.61. The molecule has 2 aromatic carbocycles. The topological polar surface area (TPSA) is 93.5 Å². The maximum atomic E-state index is 12.8. The number of phenolic OH excluding ortho intramolecular Hbond substituents is 1. The molecule has 7 heteroatoms. The summed E-state index contributed by atoms with van der Waals surface area (Å²) in [5.41, 5.74) is 4.39. The minimum Gasteiger partial charge on any atom is -0.508 e. The fourth-order valence-electron chi connectivity index (χ4n) is 3.98.